The molecule has 5 N–H and O–H groups in total. The summed E-state index contributed by atoms with van der Waals surface area (Å²) >= 11 is 1.24. The van der Waals surface area contributed by atoms with E-state index in [0.717, 1.165) is 36.3 Å². The number of nitrogens with zero attached hydrogens (tertiary/aromatic N) is 1. The summed E-state index contributed by atoms with van der Waals surface area (Å²) in [6.45, 7) is 5.96. The van der Waals surface area contributed by atoms with Crippen molar-refractivity contribution < 1.29 is 31.4 Å². The molecule has 0 saturated carbocycles. The average molecular weight is 625 g/mol. The molecule has 8 nitrogen and oxygen atoms in total. The Kier molecular flexibility index (Phi) is 10.3. The highest BCUT2D eigenvalue weighted by atomic mass is 32.2. The number of hydrogen-bond donors (Lipinski definition) is 4. The number of halogens is 3. The Hall–Kier alpha value is -3.02. The van der Waals surface area contributed by atoms with Gasteiger partial charge in [0.15, 0.2) is 0 Å². The number of aliphatic hydroxyl groups is 1. The average Bonchev–Trinajstić information content (AvgIpc) is 3.26. The van der Waals surface area contributed by atoms with Crippen LogP contribution < -0.4 is 20.5 Å². The second-order valence-electron chi connectivity index (χ2n) is 10.4. The third kappa shape index (κ3) is 8.29. The van der Waals surface area contributed by atoms with Gasteiger partial charge < -0.3 is 25.4 Å². The highest BCUT2D eigenvalue weighted by molar-refractivity contribution is 7.89. The Balaban J connectivity index is 1.57. The van der Waals surface area contributed by atoms with E-state index in [-0.39, 0.29) is 42.0 Å². The lowest BCUT2D eigenvalue weighted by Gasteiger charge is -2.35. The molecule has 13 heteroatoms. The molecular weight excluding hydrogens is 589 g/mol. The number of anilines is 2. The minimum Gasteiger partial charge on any atom is -0.489 e. The monoisotopic (exact) mass is 624 g/mol. The van der Waals surface area contributed by atoms with Gasteiger partial charge in [0.1, 0.15) is 12.4 Å². The van der Waals surface area contributed by atoms with Gasteiger partial charge >= 0.3 is 6.18 Å². The van der Waals surface area contributed by atoms with Crippen molar-refractivity contribution >= 4 is 42.8 Å². The quantitative estimate of drug-likeness (QED) is 0.240. The maximum Gasteiger partial charge on any atom is 0.393 e. The molecule has 1 fully saturated rings. The number of benzene rings is 2. The molecule has 1 aliphatic rings. The second-order valence-corrected chi connectivity index (χ2v) is 12.9. The van der Waals surface area contributed by atoms with Gasteiger partial charge in [0, 0.05) is 31.2 Å². The summed E-state index contributed by atoms with van der Waals surface area (Å²) in [5.41, 5.74) is 1.36. The van der Waals surface area contributed by atoms with Crippen LogP contribution in [0, 0.1) is 11.8 Å². The predicted molar refractivity (Wildman–Crippen MR) is 161 cm³/mol. The Morgan fingerprint density at radius 1 is 1.19 bits per heavy atom. The highest BCUT2D eigenvalue weighted by Crippen LogP contribution is 2.39. The van der Waals surface area contributed by atoms with Crippen LogP contribution in [-0.4, -0.2) is 69.5 Å². The first-order chi connectivity index (χ1) is 19.9. The standard InChI is InChI=1S/C29H35F3N4O4S2/c1-19(2)36-13-10-20(11-14-36)35-25-6-3-5-22-23(18-29(30,31)32)27(41-28(22)25)7-4-12-34-24-9-8-21(42(33,38)39)17-26(24)40-16-15-37/h3,5-6,8-9,17,19-20,34-35,37H,10-16,18H2,1-2H3,(H2,33,38,39). The second kappa shape index (κ2) is 13.5. The molecule has 0 unspecified atom stereocenters. The Morgan fingerprint density at radius 3 is 2.57 bits per heavy atom. The fourth-order valence-electron chi connectivity index (χ4n) is 4.91. The van der Waals surface area contributed by atoms with Crippen LogP contribution in [0.5, 0.6) is 5.75 Å². The number of sulfonamides is 1. The molecule has 0 bridgehead atoms. The normalized spacial score (nSPS) is 15.0. The number of fused-ring (bicyclic) bond motifs is 1. The molecular formula is C29H35F3N4O4S2. The van der Waals surface area contributed by atoms with Crippen LogP contribution in [0.4, 0.5) is 24.5 Å². The molecule has 4 rings (SSSR count). The van der Waals surface area contributed by atoms with Crippen molar-refractivity contribution in [2.75, 3.05) is 43.5 Å². The first-order valence-electron chi connectivity index (χ1n) is 13.6. The van der Waals surface area contributed by atoms with Crippen molar-refractivity contribution in [2.45, 2.75) is 56.3 Å². The Labute approximate surface area is 248 Å². The van der Waals surface area contributed by atoms with Crippen LogP contribution in [0.25, 0.3) is 10.1 Å². The molecule has 1 aliphatic heterocycles. The topological polar surface area (TPSA) is 117 Å². The maximum atomic E-state index is 13.6. The summed E-state index contributed by atoms with van der Waals surface area (Å²) in [5.74, 6) is 5.95. The van der Waals surface area contributed by atoms with Crippen LogP contribution in [0.2, 0.25) is 0 Å². The van der Waals surface area contributed by atoms with Crippen molar-refractivity contribution in [2.24, 2.45) is 5.14 Å². The molecule has 42 heavy (non-hydrogen) atoms. The molecule has 1 saturated heterocycles. The van der Waals surface area contributed by atoms with Crippen molar-refractivity contribution in [1.82, 2.24) is 4.90 Å². The molecule has 228 valence electrons. The van der Waals surface area contributed by atoms with E-state index in [0.29, 0.717) is 22.0 Å². The van der Waals surface area contributed by atoms with Gasteiger partial charge in [0.2, 0.25) is 10.0 Å². The number of thiophene rings is 1. The number of piperidine rings is 1. The van der Waals surface area contributed by atoms with Crippen LogP contribution in [0.3, 0.4) is 0 Å². The third-order valence-corrected chi connectivity index (χ3v) is 9.12. The van der Waals surface area contributed by atoms with E-state index in [1.54, 1.807) is 12.1 Å². The number of alkyl halides is 3. The van der Waals surface area contributed by atoms with Crippen LogP contribution >= 0.6 is 11.3 Å². The summed E-state index contributed by atoms with van der Waals surface area (Å²) in [4.78, 5) is 2.60. The lowest BCUT2D eigenvalue weighted by Crippen LogP contribution is -2.42. The first kappa shape index (κ1) is 31.9. The van der Waals surface area contributed by atoms with Gasteiger partial charge in [-0.1, -0.05) is 24.0 Å². The van der Waals surface area contributed by atoms with Crippen LogP contribution in [0.15, 0.2) is 41.3 Å². The number of nitrogens with one attached hydrogen (secondary N) is 2. The Bertz CT molecular complexity index is 1550. The predicted octanol–water partition coefficient (Wildman–Crippen LogP) is 4.77. The van der Waals surface area contributed by atoms with E-state index in [9.17, 15) is 21.6 Å². The molecule has 1 aromatic heterocycles. The molecule has 2 aromatic carbocycles. The number of ether oxygens (including phenoxy) is 1. The van der Waals surface area contributed by atoms with Gasteiger partial charge in [-0.15, -0.1) is 11.3 Å². The number of rotatable bonds is 10. The van der Waals surface area contributed by atoms with Crippen molar-refractivity contribution in [3.63, 3.8) is 0 Å². The zero-order valence-corrected chi connectivity index (χ0v) is 25.1. The zero-order chi connectivity index (χ0) is 30.5. The summed E-state index contributed by atoms with van der Waals surface area (Å²) in [6.07, 6.45) is -3.58. The fourth-order valence-corrected chi connectivity index (χ4v) is 6.61. The number of likely N-dealkylation sites (tertiary alicyclic amines) is 1. The Morgan fingerprint density at radius 2 is 1.93 bits per heavy atom. The highest BCUT2D eigenvalue weighted by Gasteiger charge is 2.31. The van der Waals surface area contributed by atoms with Crippen molar-refractivity contribution in [1.29, 1.82) is 0 Å². The number of nitrogens with two attached hydrogens (primary N) is 1. The van der Waals surface area contributed by atoms with Crippen molar-refractivity contribution in [3.05, 3.63) is 46.8 Å². The molecule has 0 aliphatic carbocycles. The van der Waals surface area contributed by atoms with Gasteiger partial charge in [-0.3, -0.25) is 0 Å². The van der Waals surface area contributed by atoms with E-state index in [4.69, 9.17) is 15.0 Å². The van der Waals surface area contributed by atoms with E-state index < -0.39 is 22.6 Å². The third-order valence-electron chi connectivity index (χ3n) is 7.01. The van der Waals surface area contributed by atoms with Crippen molar-refractivity contribution in [3.8, 4) is 17.6 Å². The van der Waals surface area contributed by atoms with E-state index >= 15 is 0 Å². The fraction of sp³-hybridized carbons (Fsp3) is 0.448. The molecule has 3 aromatic rings. The van der Waals surface area contributed by atoms with Gasteiger partial charge in [-0.05, 0) is 55.8 Å². The summed E-state index contributed by atoms with van der Waals surface area (Å²) in [5, 5.41) is 21.4. The molecule has 2 heterocycles. The minimum absolute atomic E-state index is 0.0451. The summed E-state index contributed by atoms with van der Waals surface area (Å²) in [6, 6.07) is 10.1. The maximum absolute atomic E-state index is 13.6. The summed E-state index contributed by atoms with van der Waals surface area (Å²) in [7, 11) is -3.98. The molecule has 0 spiro atoms. The van der Waals surface area contributed by atoms with Crippen LogP contribution in [0.1, 0.15) is 37.1 Å². The molecule has 0 radical (unpaired) electrons. The first-order valence-corrected chi connectivity index (χ1v) is 16.0. The number of hydrogen-bond acceptors (Lipinski definition) is 8. The smallest absolute Gasteiger partial charge is 0.393 e. The van der Waals surface area contributed by atoms with Gasteiger partial charge in [0.05, 0.1) is 45.4 Å². The lowest BCUT2D eigenvalue weighted by molar-refractivity contribution is -0.126. The zero-order valence-electron chi connectivity index (χ0n) is 23.4. The minimum atomic E-state index is -4.40. The van der Waals surface area contributed by atoms with Gasteiger partial charge in [-0.25, -0.2) is 13.6 Å². The van der Waals surface area contributed by atoms with Crippen LogP contribution in [-0.2, 0) is 16.4 Å². The van der Waals surface area contributed by atoms with E-state index in [1.165, 1.54) is 29.5 Å². The summed E-state index contributed by atoms with van der Waals surface area (Å²) < 4.78 is 70.4. The lowest BCUT2D eigenvalue weighted by atomic mass is 10.0. The van der Waals surface area contributed by atoms with Gasteiger partial charge in [0.25, 0.3) is 0 Å². The SMILES string of the molecule is CC(C)N1CCC(Nc2cccc3c(CC(F)(F)F)c(C#CCNc4ccc(S(N)(=O)=O)cc4OCCO)sc23)CC1. The van der Waals surface area contributed by atoms with E-state index in [2.05, 4.69) is 41.2 Å². The van der Waals surface area contributed by atoms with Gasteiger partial charge in [-0.2, -0.15) is 13.2 Å². The number of primary sulfonamides is 1. The largest absolute Gasteiger partial charge is 0.489 e. The molecule has 0 amide bonds. The van der Waals surface area contributed by atoms with E-state index in [1.807, 2.05) is 6.07 Å². The molecule has 0 atom stereocenters. The number of aliphatic hydroxyl groups excluding tert-OH is 1.